The summed E-state index contributed by atoms with van der Waals surface area (Å²) in [6.07, 6.45) is 3.91. The van der Waals surface area contributed by atoms with Gasteiger partial charge in [0.2, 0.25) is 5.91 Å². The normalized spacial score (nSPS) is 18.2. The van der Waals surface area contributed by atoms with Crippen LogP contribution in [-0.2, 0) is 26.1 Å². The first-order valence-electron chi connectivity index (χ1n) is 13.0. The lowest BCUT2D eigenvalue weighted by atomic mass is 10.0. The first-order chi connectivity index (χ1) is 19.2. The first-order valence-corrected chi connectivity index (χ1v) is 13.0. The Bertz CT molecular complexity index is 1620. The first kappa shape index (κ1) is 25.9. The summed E-state index contributed by atoms with van der Waals surface area (Å²) in [4.78, 5) is 37.5. The minimum atomic E-state index is -0.819. The molecule has 1 aliphatic carbocycles. The van der Waals surface area contributed by atoms with Crippen LogP contribution in [0, 0.1) is 18.6 Å². The van der Waals surface area contributed by atoms with Crippen molar-refractivity contribution in [2.24, 2.45) is 5.73 Å². The molecule has 12 heteroatoms. The number of primary amides is 1. The number of H-pyrrole nitrogens is 1. The number of aryl methyl sites for hydroxylation is 1. The van der Waals surface area contributed by atoms with Crippen LogP contribution in [0.3, 0.4) is 0 Å². The lowest BCUT2D eigenvalue weighted by Gasteiger charge is -2.32. The van der Waals surface area contributed by atoms with Crippen molar-refractivity contribution in [1.29, 1.82) is 0 Å². The Hall–Kier alpha value is -4.32. The Balaban J connectivity index is 1.38. The third kappa shape index (κ3) is 4.37. The highest BCUT2D eigenvalue weighted by atomic mass is 19.1. The average Bonchev–Trinajstić information content (AvgIpc) is 3.48. The fraction of sp³-hybridized carbons (Fsp3) is 0.357. The maximum atomic E-state index is 15.7. The molecule has 3 N–H and O–H groups in total. The topological polar surface area (TPSA) is 128 Å². The minimum Gasteiger partial charge on any atom is -0.453 e. The van der Waals surface area contributed by atoms with Gasteiger partial charge in [-0.05, 0) is 49.6 Å². The number of morpholine rings is 1. The number of pyridine rings is 1. The number of imidazole rings is 2. The van der Waals surface area contributed by atoms with Crippen molar-refractivity contribution in [2.45, 2.75) is 37.7 Å². The number of nitrogens with two attached hydrogens (primary N) is 1. The summed E-state index contributed by atoms with van der Waals surface area (Å²) in [7, 11) is 1.32. The second-order valence-electron chi connectivity index (χ2n) is 10.3. The maximum Gasteiger partial charge on any atom is 0.409 e. The maximum absolute atomic E-state index is 15.7. The number of hydrogen-bond donors (Lipinski definition) is 2. The van der Waals surface area contributed by atoms with Crippen molar-refractivity contribution in [2.75, 3.05) is 26.8 Å². The van der Waals surface area contributed by atoms with Gasteiger partial charge in [-0.3, -0.25) is 4.79 Å². The third-order valence-electron chi connectivity index (χ3n) is 7.72. The van der Waals surface area contributed by atoms with Crippen LogP contribution < -0.4 is 5.73 Å². The van der Waals surface area contributed by atoms with Crippen LogP contribution in [0.1, 0.15) is 29.8 Å². The van der Waals surface area contributed by atoms with E-state index >= 15 is 8.78 Å². The Kier molecular flexibility index (Phi) is 6.29. The number of carbonyl (C=O) groups excluding carboxylic acids is 2. The van der Waals surface area contributed by atoms with E-state index in [1.807, 2.05) is 19.1 Å². The zero-order chi connectivity index (χ0) is 28.2. The SMILES string of the molecule is COC(=O)N1CCO[C@@H](Cc2c(-c3c(F)cc(-c4nc(C5(C(N)=O)CC5)c[nH]4)cc3F)nc3cc(C)ccn23)C1. The quantitative estimate of drug-likeness (QED) is 0.378. The zero-order valence-corrected chi connectivity index (χ0v) is 22.0. The predicted octanol–water partition coefficient (Wildman–Crippen LogP) is 3.50. The van der Waals surface area contributed by atoms with Crippen LogP contribution >= 0.6 is 0 Å². The summed E-state index contributed by atoms with van der Waals surface area (Å²) in [6, 6.07) is 6.10. The molecule has 0 unspecified atom stereocenters. The van der Waals surface area contributed by atoms with E-state index in [1.165, 1.54) is 19.2 Å². The lowest BCUT2D eigenvalue weighted by molar-refractivity contribution is -0.120. The second kappa shape index (κ2) is 9.70. The molecule has 2 fully saturated rings. The second-order valence-corrected chi connectivity index (χ2v) is 10.3. The molecule has 10 nitrogen and oxygen atoms in total. The van der Waals surface area contributed by atoms with Crippen LogP contribution in [0.15, 0.2) is 36.7 Å². The standard InChI is InChI=1S/C28H28F2N6O4/c1-15-3-6-36-20(12-17-14-35(7-8-40-17)27(38)39-2)24(34-22(36)9-15)23-18(29)10-16(11-19(23)30)25-32-13-21(33-25)28(4-5-28)26(31)37/h3,6,9-11,13,17H,4-5,7-8,12,14H2,1-2H3,(H2,31,37)(H,32,33)/t17-/m0/s1. The number of rotatable bonds is 6. The molecular formula is C28H28F2N6O4. The van der Waals surface area contributed by atoms with Crippen molar-refractivity contribution in [1.82, 2.24) is 24.3 Å². The van der Waals surface area contributed by atoms with E-state index in [1.54, 1.807) is 21.7 Å². The number of aromatic nitrogens is 4. The highest BCUT2D eigenvalue weighted by Crippen LogP contribution is 2.47. The minimum absolute atomic E-state index is 0.150. The van der Waals surface area contributed by atoms with Crippen molar-refractivity contribution in [3.63, 3.8) is 0 Å². The summed E-state index contributed by atoms with van der Waals surface area (Å²) in [6.45, 7) is 2.87. The number of aromatic amines is 1. The highest BCUT2D eigenvalue weighted by Gasteiger charge is 2.52. The Morgan fingerprint density at radius 2 is 1.98 bits per heavy atom. The van der Waals surface area contributed by atoms with Gasteiger partial charge in [0.05, 0.1) is 54.4 Å². The summed E-state index contributed by atoms with van der Waals surface area (Å²) in [5.41, 5.74) is 7.28. The molecule has 1 saturated heterocycles. The number of methoxy groups -OCH3 is 1. The Morgan fingerprint density at radius 1 is 1.23 bits per heavy atom. The van der Waals surface area contributed by atoms with Crippen molar-refractivity contribution in [3.05, 3.63) is 65.2 Å². The molecule has 2 amide bonds. The zero-order valence-electron chi connectivity index (χ0n) is 22.0. The van der Waals surface area contributed by atoms with Crippen LogP contribution in [0.2, 0.25) is 0 Å². The third-order valence-corrected chi connectivity index (χ3v) is 7.72. The van der Waals surface area contributed by atoms with E-state index in [-0.39, 0.29) is 35.6 Å². The van der Waals surface area contributed by atoms with Crippen LogP contribution in [-0.4, -0.2) is 69.2 Å². The van der Waals surface area contributed by atoms with Gasteiger partial charge in [0.25, 0.3) is 0 Å². The molecule has 0 bridgehead atoms. The van der Waals surface area contributed by atoms with Crippen molar-refractivity contribution in [3.8, 4) is 22.6 Å². The number of nitrogens with zero attached hydrogens (tertiary/aromatic N) is 4. The summed E-state index contributed by atoms with van der Waals surface area (Å²) in [5.74, 6) is -1.86. The number of ether oxygens (including phenoxy) is 2. The monoisotopic (exact) mass is 550 g/mol. The summed E-state index contributed by atoms with van der Waals surface area (Å²) in [5, 5.41) is 0. The molecule has 0 radical (unpaired) electrons. The summed E-state index contributed by atoms with van der Waals surface area (Å²) < 4.78 is 44.0. The Morgan fingerprint density at radius 3 is 2.65 bits per heavy atom. The number of amides is 2. The number of fused-ring (bicyclic) bond motifs is 1. The number of benzene rings is 1. The smallest absolute Gasteiger partial charge is 0.409 e. The van der Waals surface area contributed by atoms with Gasteiger partial charge in [0, 0.05) is 30.9 Å². The molecule has 2 aliphatic rings. The average molecular weight is 551 g/mol. The number of halogens is 2. The molecule has 6 rings (SSSR count). The molecule has 1 aromatic carbocycles. The van der Waals surface area contributed by atoms with Gasteiger partial charge in [0.15, 0.2) is 0 Å². The molecule has 3 aromatic heterocycles. The van der Waals surface area contributed by atoms with Gasteiger partial charge in [0.1, 0.15) is 23.1 Å². The van der Waals surface area contributed by atoms with Gasteiger partial charge in [-0.25, -0.2) is 23.5 Å². The molecule has 0 spiro atoms. The molecule has 4 aromatic rings. The lowest BCUT2D eigenvalue weighted by Crippen LogP contribution is -2.46. The van der Waals surface area contributed by atoms with Gasteiger partial charge < -0.3 is 29.5 Å². The van der Waals surface area contributed by atoms with Crippen molar-refractivity contribution < 1.29 is 27.8 Å². The van der Waals surface area contributed by atoms with Gasteiger partial charge >= 0.3 is 6.09 Å². The van der Waals surface area contributed by atoms with E-state index in [0.29, 0.717) is 43.0 Å². The fourth-order valence-electron chi connectivity index (χ4n) is 5.35. The largest absolute Gasteiger partial charge is 0.453 e. The molecule has 208 valence electrons. The van der Waals surface area contributed by atoms with Crippen LogP contribution in [0.4, 0.5) is 13.6 Å². The Labute approximate surface area is 228 Å². The van der Waals surface area contributed by atoms with E-state index in [9.17, 15) is 9.59 Å². The van der Waals surface area contributed by atoms with E-state index < -0.39 is 35.2 Å². The molecular weight excluding hydrogens is 522 g/mol. The highest BCUT2D eigenvalue weighted by molar-refractivity contribution is 5.89. The molecule has 1 saturated carbocycles. The molecule has 4 heterocycles. The number of carbonyl (C=O) groups is 2. The van der Waals surface area contributed by atoms with Gasteiger partial charge in [-0.1, -0.05) is 0 Å². The fourth-order valence-corrected chi connectivity index (χ4v) is 5.35. The van der Waals surface area contributed by atoms with E-state index in [4.69, 9.17) is 15.2 Å². The van der Waals surface area contributed by atoms with Crippen LogP contribution in [0.5, 0.6) is 0 Å². The number of nitrogens with one attached hydrogen (secondary N) is 1. The van der Waals surface area contributed by atoms with E-state index in [2.05, 4.69) is 15.0 Å². The van der Waals surface area contributed by atoms with Gasteiger partial charge in [-0.2, -0.15) is 0 Å². The number of hydrogen-bond acceptors (Lipinski definition) is 6. The van der Waals surface area contributed by atoms with E-state index in [0.717, 1.165) is 5.56 Å². The molecule has 1 atom stereocenters. The van der Waals surface area contributed by atoms with Crippen LogP contribution in [0.25, 0.3) is 28.3 Å². The predicted molar refractivity (Wildman–Crippen MR) is 140 cm³/mol. The van der Waals surface area contributed by atoms with Gasteiger partial charge in [-0.15, -0.1) is 0 Å². The molecule has 40 heavy (non-hydrogen) atoms. The summed E-state index contributed by atoms with van der Waals surface area (Å²) >= 11 is 0. The van der Waals surface area contributed by atoms with Crippen molar-refractivity contribution >= 4 is 17.6 Å². The molecule has 1 aliphatic heterocycles.